The number of fused-ring (bicyclic) bond motifs is 7. The van der Waals surface area contributed by atoms with Crippen LogP contribution in [0.1, 0.15) is 150 Å². The Morgan fingerprint density at radius 1 is 0.774 bits per heavy atom. The van der Waals surface area contributed by atoms with Crippen LogP contribution in [-0.2, 0) is 94.0 Å². The minimum atomic E-state index is -4.57. The first-order valence-corrected chi connectivity index (χ1v) is 48.5. The SMILES string of the molecule is CC[C@H]1/C2=C/c3[nH]c4c(c3C)CC(C(=O)OC)/C4=C3/N=C(C=C4NC(CC(=N2)[C@@H]1C)C(C(C)=O)=C4C)[C@@H](C)[C@@H]3CCC(=O)NCCCC(NC(=O)CCCc1nc2ccc(N(CCCl)CCCl)cc2n1C)C(=O)NNC(=O)OCCSSC[C@H](NC(=O)[C@H](CC(=O)NCCS(=O)(=O)O)NC(=O)CC[C@H](NC(=O)c1ccc(NCc2cnc3nc(N)[nH]c(=O)c3n2)cc1)C(=O)O)C(=O)O. The van der Waals surface area contributed by atoms with Crippen LogP contribution in [0, 0.1) is 36.5 Å². The normalized spacial score (nSPS) is 19.0. The molecule has 0 fully saturated rings. The van der Waals surface area contributed by atoms with Crippen molar-refractivity contribution >= 4 is 189 Å². The second-order valence-corrected chi connectivity index (χ2v) is 37.7. The molecular weight excluding hydrogens is 1830 g/mol. The van der Waals surface area contributed by atoms with E-state index in [1.165, 1.54) is 37.6 Å². The van der Waals surface area contributed by atoms with Gasteiger partial charge < -0.3 is 82.4 Å². The number of carboxylic acids is 2. The van der Waals surface area contributed by atoms with E-state index in [4.69, 9.17) is 53.4 Å². The number of H-pyrrole nitrogens is 2. The van der Waals surface area contributed by atoms with E-state index < -0.39 is 137 Å². The van der Waals surface area contributed by atoms with Gasteiger partial charge in [-0.15, -0.1) is 23.2 Å². The van der Waals surface area contributed by atoms with Crippen molar-refractivity contribution in [2.75, 3.05) is 84.9 Å². The lowest BCUT2D eigenvalue weighted by molar-refractivity contribution is -0.143. The van der Waals surface area contributed by atoms with Crippen molar-refractivity contribution in [1.82, 2.24) is 82.5 Å². The molecule has 0 spiro atoms. The molecular formula is C87H109Cl2N21O20S3. The highest BCUT2D eigenvalue weighted by Crippen LogP contribution is 2.50. The van der Waals surface area contributed by atoms with Crippen molar-refractivity contribution in [3.05, 3.63) is 133 Å². The Morgan fingerprint density at radius 2 is 1.50 bits per heavy atom. The summed E-state index contributed by atoms with van der Waals surface area (Å²) in [6, 6.07) is 4.69. The van der Waals surface area contributed by atoms with Gasteiger partial charge in [0.05, 0.1) is 66.4 Å². The first kappa shape index (κ1) is 101. The number of anilines is 3. The zero-order chi connectivity index (χ0) is 96.2. The Balaban J connectivity index is 0.689. The zero-order valence-electron chi connectivity index (χ0n) is 74.4. The molecule has 8 heterocycles. The van der Waals surface area contributed by atoms with E-state index in [2.05, 4.69) is 103 Å². The average Bonchev–Trinajstić information content (AvgIpc) is 1.57. The van der Waals surface area contributed by atoms with Gasteiger partial charge >= 0.3 is 24.0 Å². The molecule has 0 radical (unpaired) electrons. The highest BCUT2D eigenvalue weighted by Gasteiger charge is 2.45. The summed E-state index contributed by atoms with van der Waals surface area (Å²) in [6.45, 7) is 12.2. The summed E-state index contributed by atoms with van der Waals surface area (Å²) in [4.78, 5) is 210. The number of ketones is 1. The molecule has 11 rings (SSSR count). The van der Waals surface area contributed by atoms with Crippen molar-refractivity contribution in [2.45, 2.75) is 162 Å². The monoisotopic (exact) mass is 1930 g/mol. The summed E-state index contributed by atoms with van der Waals surface area (Å²) in [5.41, 5.74) is 22.5. The van der Waals surface area contributed by atoms with Crippen LogP contribution >= 0.6 is 44.8 Å². The molecule has 2 aromatic carbocycles. The number of aromatic nitrogens is 7. The summed E-state index contributed by atoms with van der Waals surface area (Å²) >= 11 is 12.2. The highest BCUT2D eigenvalue weighted by atomic mass is 35.5. The number of carbonyl (C=O) groups is 12. The van der Waals surface area contributed by atoms with Gasteiger partial charge in [0.15, 0.2) is 16.9 Å². The lowest BCUT2D eigenvalue weighted by atomic mass is 9.83. The number of nitrogen functional groups attached to an aromatic ring is 1. The lowest BCUT2D eigenvalue weighted by Crippen LogP contribution is -2.54. The maximum Gasteiger partial charge on any atom is 0.426 e. The number of aromatic amines is 2. The van der Waals surface area contributed by atoms with E-state index in [-0.39, 0.29) is 121 Å². The van der Waals surface area contributed by atoms with Crippen LogP contribution < -0.4 is 69.6 Å². The fourth-order valence-electron chi connectivity index (χ4n) is 16.8. The van der Waals surface area contributed by atoms with Gasteiger partial charge in [0.25, 0.3) is 27.5 Å². The minimum absolute atomic E-state index is 0.00668. The Bertz CT molecular complexity index is 5850. The van der Waals surface area contributed by atoms with Crippen LogP contribution in [0.25, 0.3) is 33.8 Å². The number of imidazole rings is 1. The topological polar surface area (TPSA) is 598 Å². The molecule has 5 aliphatic rings. The molecule has 17 N–H and O–H groups in total. The number of rotatable bonds is 45. The average molecular weight is 1940 g/mol. The molecule has 8 bridgehead atoms. The molecule has 6 aromatic rings. The summed E-state index contributed by atoms with van der Waals surface area (Å²) in [5, 5.41) is 41.7. The Kier molecular flexibility index (Phi) is 35.3. The summed E-state index contributed by atoms with van der Waals surface area (Å²) in [5.74, 6) is -10.6. The Labute approximate surface area is 782 Å². The van der Waals surface area contributed by atoms with Crippen LogP contribution in [0.4, 0.5) is 22.1 Å². The molecule has 0 saturated carbocycles. The number of aryl methyl sites for hydroxylation is 2. The number of methoxy groups -OCH3 is 1. The third-order valence-electron chi connectivity index (χ3n) is 23.8. The third kappa shape index (κ3) is 26.4. The van der Waals surface area contributed by atoms with Gasteiger partial charge in [-0.2, -0.15) is 13.4 Å². The molecule has 41 nitrogen and oxygen atoms in total. The number of nitrogens with one attached hydrogen (secondary N) is 12. The number of hydrogen-bond acceptors (Lipinski definition) is 29. The number of alkyl halides is 2. The Hall–Kier alpha value is -12.3. The number of amides is 8. The van der Waals surface area contributed by atoms with Gasteiger partial charge in [0, 0.05) is 175 Å². The van der Waals surface area contributed by atoms with E-state index in [0.29, 0.717) is 96.7 Å². The number of halogens is 2. The molecule has 0 saturated heterocycles. The second-order valence-electron chi connectivity index (χ2n) is 32.7. The molecule has 3 unspecified atom stereocenters. The maximum atomic E-state index is 14.2. The number of Topliss-reactive ketones (excluding diaryl/α,β-unsaturated/α-hetero) is 1. The minimum Gasteiger partial charge on any atom is -0.480 e. The number of hydrazine groups is 1. The number of aliphatic carboxylic acids is 2. The van der Waals surface area contributed by atoms with Crippen LogP contribution in [0.3, 0.4) is 0 Å². The zero-order valence-corrected chi connectivity index (χ0v) is 78.4. The lowest BCUT2D eigenvalue weighted by Gasteiger charge is -2.22. The summed E-state index contributed by atoms with van der Waals surface area (Å²) < 4.78 is 44.7. The number of benzene rings is 2. The molecule has 1 aliphatic carbocycles. The second kappa shape index (κ2) is 46.4. The fourth-order valence-corrected chi connectivity index (χ4v) is 19.5. The van der Waals surface area contributed by atoms with E-state index in [1.54, 1.807) is 6.92 Å². The van der Waals surface area contributed by atoms with E-state index >= 15 is 0 Å². The van der Waals surface area contributed by atoms with Gasteiger partial charge in [-0.3, -0.25) is 72.9 Å². The van der Waals surface area contributed by atoms with Crippen molar-refractivity contribution < 1.29 is 90.2 Å². The van der Waals surface area contributed by atoms with Crippen molar-refractivity contribution in [3.63, 3.8) is 0 Å². The quantitative estimate of drug-likeness (QED) is 0.00557. The number of carboxylic acid groups (broad SMARTS) is 2. The van der Waals surface area contributed by atoms with Crippen LogP contribution in [-0.4, -0.2) is 239 Å². The van der Waals surface area contributed by atoms with Crippen LogP contribution in [0.2, 0.25) is 0 Å². The van der Waals surface area contributed by atoms with Gasteiger partial charge in [0.1, 0.15) is 36.6 Å². The molecule has 4 aliphatic heterocycles. The molecule has 4 aromatic heterocycles. The van der Waals surface area contributed by atoms with Crippen LogP contribution in [0.15, 0.2) is 97.8 Å². The first-order chi connectivity index (χ1) is 63.4. The predicted octanol–water partition coefficient (Wildman–Crippen LogP) is 5.54. The van der Waals surface area contributed by atoms with Gasteiger partial charge in [-0.05, 0) is 137 Å². The standard InChI is InChI=1S/C87H109Cl2N21O20S3/c1-9-52-43(2)59-38-64-73(47(6)111)46(5)62(97-64)36-60-44(3)53(75(101-60)74-55(85(124)129-8)35-54-45(4)61(102-76(54)74)37-63(52)96-59)20-23-69(112)91-27-11-12-57(99-70(113)14-10-13-68-98-56-21-19-51(34-67(56)109(68)7)110(29-25-88)30-26-89)81(118)107-108-87(125)130-31-32-131-132-42-66(84(122)123)104-80(117)65(39-72(115)92-28-33-133(126,127)128)100-71(114)24-22-58(83(120)121)103-79(116)48-15-17-49(18-16-48)93-40-50-41-94-78-77(95-50)82(119)106-86(90)105-78/h15-19,21,34,36-37,41,43-44,52-53,55,57-58,64-66,93,97,102H,9-14,20,22-33,35,38-40,42H2,1-8H3,(H,91,112)(H,92,115)(H,99,113)(H,100,114)(H,103,116)(H,104,117)(H,107,118)(H,108,125)(H,120,121)(H,122,123)(H,126,127,128)(H3,90,94,105,106,119)/b62-36?,63-37-,75-74-/t43-,44+,52-,53+,55?,57?,58+,64?,65+,66+/m1/s1. The molecule has 8 amide bonds. The summed E-state index contributed by atoms with van der Waals surface area (Å²) in [7, 11) is 0.531. The largest absolute Gasteiger partial charge is 0.480 e. The van der Waals surface area contributed by atoms with Crippen molar-refractivity contribution in [3.8, 4) is 0 Å². The molecule has 133 heavy (non-hydrogen) atoms. The number of ether oxygens (including phenoxy) is 2. The highest BCUT2D eigenvalue weighted by molar-refractivity contribution is 8.76. The van der Waals surface area contributed by atoms with E-state index in [9.17, 15) is 85.5 Å². The molecule has 46 heteroatoms. The number of hydrogen-bond donors (Lipinski definition) is 16. The number of aliphatic imine (C=N–C) groups is 2. The number of nitrogens with zero attached hydrogens (tertiary/aromatic N) is 8. The smallest absolute Gasteiger partial charge is 0.426 e. The summed E-state index contributed by atoms with van der Waals surface area (Å²) in [6.07, 6.45) is 4.91. The van der Waals surface area contributed by atoms with E-state index in [1.807, 2.05) is 56.7 Å². The van der Waals surface area contributed by atoms with Crippen molar-refractivity contribution in [1.29, 1.82) is 0 Å². The van der Waals surface area contributed by atoms with Crippen molar-refractivity contribution in [2.24, 2.45) is 46.6 Å². The van der Waals surface area contributed by atoms with Gasteiger partial charge in [-0.1, -0.05) is 42.4 Å². The third-order valence-corrected chi connectivity index (χ3v) is 27.3. The molecule has 714 valence electrons. The molecule has 10 atom stereocenters. The van der Waals surface area contributed by atoms with Gasteiger partial charge in [-0.25, -0.2) is 34.8 Å². The first-order valence-electron chi connectivity index (χ1n) is 43.4. The number of nitrogens with two attached hydrogens (primary N) is 1. The number of esters is 1. The predicted molar refractivity (Wildman–Crippen MR) is 501 cm³/mol. The van der Waals surface area contributed by atoms with Crippen LogP contribution in [0.5, 0.6) is 0 Å². The van der Waals surface area contributed by atoms with E-state index in [0.717, 1.165) is 89.9 Å². The maximum absolute atomic E-state index is 14.2. The van der Waals surface area contributed by atoms with Gasteiger partial charge in [0.2, 0.25) is 35.5 Å². The number of allylic oxidation sites excluding steroid dienone is 4. The Morgan fingerprint density at radius 3 is 2.20 bits per heavy atom. The fraction of sp³-hybridized carbons (Fsp3) is 0.483. The number of carbonyl (C=O) groups excluding carboxylic acids is 10.